The van der Waals surface area contributed by atoms with Crippen molar-refractivity contribution < 1.29 is 0 Å². The average molecular weight is 230 g/mol. The Hall–Kier alpha value is -1.68. The lowest BCUT2D eigenvalue weighted by molar-refractivity contribution is 0.546. The zero-order valence-corrected chi connectivity index (χ0v) is 10.3. The zero-order valence-electron chi connectivity index (χ0n) is 10.3. The van der Waals surface area contributed by atoms with E-state index < -0.39 is 0 Å². The molecular formula is C13H18N4. The van der Waals surface area contributed by atoms with Crippen LogP contribution in [0.25, 0.3) is 0 Å². The van der Waals surface area contributed by atoms with Crippen LogP contribution in [0.15, 0.2) is 30.6 Å². The molecule has 90 valence electrons. The molecule has 4 heteroatoms. The van der Waals surface area contributed by atoms with Crippen LogP contribution in [-0.4, -0.2) is 15.2 Å². The van der Waals surface area contributed by atoms with Crippen LogP contribution in [0, 0.1) is 0 Å². The maximum atomic E-state index is 4.14. The maximum absolute atomic E-state index is 4.14. The van der Waals surface area contributed by atoms with Gasteiger partial charge in [-0.3, -0.25) is 5.10 Å². The fourth-order valence-corrected chi connectivity index (χ4v) is 1.86. The molecule has 1 heterocycles. The van der Waals surface area contributed by atoms with Gasteiger partial charge in [0.2, 0.25) is 0 Å². The van der Waals surface area contributed by atoms with E-state index in [1.165, 1.54) is 17.5 Å². The van der Waals surface area contributed by atoms with Crippen LogP contribution in [0.4, 0.5) is 0 Å². The van der Waals surface area contributed by atoms with Gasteiger partial charge in [-0.25, -0.2) is 4.98 Å². The van der Waals surface area contributed by atoms with E-state index in [0.717, 1.165) is 18.8 Å². The summed E-state index contributed by atoms with van der Waals surface area (Å²) in [4.78, 5) is 4.14. The third-order valence-electron chi connectivity index (χ3n) is 2.94. The van der Waals surface area contributed by atoms with Crippen molar-refractivity contribution in [2.75, 3.05) is 0 Å². The molecule has 2 aromatic rings. The van der Waals surface area contributed by atoms with Gasteiger partial charge < -0.3 is 5.32 Å². The summed E-state index contributed by atoms with van der Waals surface area (Å²) in [5.41, 5.74) is 2.74. The van der Waals surface area contributed by atoms with Crippen molar-refractivity contribution in [1.29, 1.82) is 0 Å². The molecule has 4 nitrogen and oxygen atoms in total. The standard InChI is InChI=1S/C13H18N4/c1-3-11-6-4-5-7-12(11)8-14-10(2)13-15-9-16-17-13/h4-7,9-10,14H,3,8H2,1-2H3,(H,15,16,17). The molecule has 2 N–H and O–H groups in total. The zero-order chi connectivity index (χ0) is 12.1. The van der Waals surface area contributed by atoms with E-state index in [1.807, 2.05) is 0 Å². The molecule has 0 aliphatic carbocycles. The molecule has 0 spiro atoms. The van der Waals surface area contributed by atoms with Crippen molar-refractivity contribution >= 4 is 0 Å². The second-order valence-electron chi connectivity index (χ2n) is 4.10. The first-order valence-electron chi connectivity index (χ1n) is 5.96. The van der Waals surface area contributed by atoms with E-state index in [-0.39, 0.29) is 6.04 Å². The number of benzene rings is 1. The molecule has 17 heavy (non-hydrogen) atoms. The first-order valence-corrected chi connectivity index (χ1v) is 5.96. The van der Waals surface area contributed by atoms with E-state index in [1.54, 1.807) is 0 Å². The summed E-state index contributed by atoms with van der Waals surface area (Å²) in [5, 5.41) is 10.2. The molecule has 0 aliphatic heterocycles. The van der Waals surface area contributed by atoms with Gasteiger partial charge in [-0.1, -0.05) is 31.2 Å². The quantitative estimate of drug-likeness (QED) is 0.828. The van der Waals surface area contributed by atoms with E-state index in [2.05, 4.69) is 58.6 Å². The van der Waals surface area contributed by atoms with Crippen LogP contribution < -0.4 is 5.32 Å². The molecule has 0 aliphatic rings. The van der Waals surface area contributed by atoms with Crippen molar-refractivity contribution in [3.05, 3.63) is 47.5 Å². The molecule has 0 bridgehead atoms. The van der Waals surface area contributed by atoms with Crippen LogP contribution in [0.2, 0.25) is 0 Å². The minimum Gasteiger partial charge on any atom is -0.303 e. The molecule has 0 saturated heterocycles. The van der Waals surface area contributed by atoms with Crippen molar-refractivity contribution in [3.63, 3.8) is 0 Å². The van der Waals surface area contributed by atoms with Crippen molar-refractivity contribution in [3.8, 4) is 0 Å². The molecule has 0 radical (unpaired) electrons. The van der Waals surface area contributed by atoms with Crippen LogP contribution in [-0.2, 0) is 13.0 Å². The van der Waals surface area contributed by atoms with E-state index >= 15 is 0 Å². The highest BCUT2D eigenvalue weighted by Gasteiger charge is 2.08. The van der Waals surface area contributed by atoms with E-state index in [0.29, 0.717) is 0 Å². The Balaban J connectivity index is 1.98. The molecular weight excluding hydrogens is 212 g/mol. The topological polar surface area (TPSA) is 53.6 Å². The lowest BCUT2D eigenvalue weighted by Crippen LogP contribution is -2.20. The Labute approximate surface area is 101 Å². The van der Waals surface area contributed by atoms with Gasteiger partial charge in [0.15, 0.2) is 0 Å². The van der Waals surface area contributed by atoms with Crippen molar-refractivity contribution in [1.82, 2.24) is 20.5 Å². The average Bonchev–Trinajstić information content (AvgIpc) is 2.90. The van der Waals surface area contributed by atoms with Crippen LogP contribution in [0.3, 0.4) is 0 Å². The lowest BCUT2D eigenvalue weighted by atomic mass is 10.1. The molecule has 2 rings (SSSR count). The first-order chi connectivity index (χ1) is 8.31. The molecule has 0 fully saturated rings. The summed E-state index contributed by atoms with van der Waals surface area (Å²) in [6.45, 7) is 5.11. The third-order valence-corrected chi connectivity index (χ3v) is 2.94. The highest BCUT2D eigenvalue weighted by Crippen LogP contribution is 2.11. The van der Waals surface area contributed by atoms with Gasteiger partial charge >= 0.3 is 0 Å². The summed E-state index contributed by atoms with van der Waals surface area (Å²) in [5.74, 6) is 0.874. The Kier molecular flexibility index (Phi) is 3.88. The largest absolute Gasteiger partial charge is 0.303 e. The number of nitrogens with one attached hydrogen (secondary N) is 2. The van der Waals surface area contributed by atoms with Gasteiger partial charge in [0.05, 0.1) is 6.04 Å². The number of aromatic amines is 1. The minimum atomic E-state index is 0.183. The van der Waals surface area contributed by atoms with E-state index in [4.69, 9.17) is 0 Å². The smallest absolute Gasteiger partial charge is 0.141 e. The molecule has 1 aromatic carbocycles. The first kappa shape index (κ1) is 11.8. The van der Waals surface area contributed by atoms with Gasteiger partial charge in [-0.2, -0.15) is 5.10 Å². The van der Waals surface area contributed by atoms with Gasteiger partial charge in [-0.15, -0.1) is 0 Å². The summed E-state index contributed by atoms with van der Waals surface area (Å²) in [6, 6.07) is 8.69. The number of aromatic nitrogens is 3. The number of nitrogens with zero attached hydrogens (tertiary/aromatic N) is 2. The molecule has 0 amide bonds. The molecule has 0 saturated carbocycles. The van der Waals surface area contributed by atoms with Crippen LogP contribution in [0.1, 0.15) is 36.8 Å². The van der Waals surface area contributed by atoms with Gasteiger partial charge in [-0.05, 0) is 24.5 Å². The predicted octanol–water partition coefficient (Wildman–Crippen LogP) is 2.22. The number of H-pyrrole nitrogens is 1. The number of hydrogen-bond donors (Lipinski definition) is 2. The van der Waals surface area contributed by atoms with Crippen LogP contribution in [0.5, 0.6) is 0 Å². The summed E-state index contributed by atoms with van der Waals surface area (Å²) in [7, 11) is 0. The van der Waals surface area contributed by atoms with Gasteiger partial charge in [0.1, 0.15) is 12.2 Å². The van der Waals surface area contributed by atoms with Gasteiger partial charge in [0, 0.05) is 6.54 Å². The fraction of sp³-hybridized carbons (Fsp3) is 0.385. The Morgan fingerprint density at radius 1 is 1.29 bits per heavy atom. The third kappa shape index (κ3) is 2.91. The van der Waals surface area contributed by atoms with Crippen molar-refractivity contribution in [2.45, 2.75) is 32.9 Å². The maximum Gasteiger partial charge on any atom is 0.141 e. The number of rotatable bonds is 5. The fourth-order valence-electron chi connectivity index (χ4n) is 1.86. The lowest BCUT2D eigenvalue weighted by Gasteiger charge is -2.13. The number of aryl methyl sites for hydroxylation is 1. The normalized spacial score (nSPS) is 12.6. The summed E-state index contributed by atoms with van der Waals surface area (Å²) < 4.78 is 0. The Bertz CT molecular complexity index is 450. The molecule has 1 unspecified atom stereocenters. The molecule has 1 aromatic heterocycles. The second kappa shape index (κ2) is 5.59. The molecule has 1 atom stereocenters. The Morgan fingerprint density at radius 2 is 2.06 bits per heavy atom. The highest BCUT2D eigenvalue weighted by atomic mass is 15.2. The van der Waals surface area contributed by atoms with E-state index in [9.17, 15) is 0 Å². The monoisotopic (exact) mass is 230 g/mol. The number of hydrogen-bond acceptors (Lipinski definition) is 3. The summed E-state index contributed by atoms with van der Waals surface area (Å²) >= 11 is 0. The van der Waals surface area contributed by atoms with Gasteiger partial charge in [0.25, 0.3) is 0 Å². The predicted molar refractivity (Wildman–Crippen MR) is 67.5 cm³/mol. The summed E-state index contributed by atoms with van der Waals surface area (Å²) in [6.07, 6.45) is 2.60. The second-order valence-corrected chi connectivity index (χ2v) is 4.10. The minimum absolute atomic E-state index is 0.183. The van der Waals surface area contributed by atoms with Crippen LogP contribution >= 0.6 is 0 Å². The Morgan fingerprint density at radius 3 is 2.71 bits per heavy atom. The SMILES string of the molecule is CCc1ccccc1CNC(C)c1ncn[nH]1. The highest BCUT2D eigenvalue weighted by molar-refractivity contribution is 5.26. The van der Waals surface area contributed by atoms with Crippen molar-refractivity contribution in [2.24, 2.45) is 0 Å².